The molecule has 0 saturated heterocycles. The van der Waals surface area contributed by atoms with Gasteiger partial charge in [0.2, 0.25) is 0 Å². The molecule has 5 heteroatoms. The highest BCUT2D eigenvalue weighted by Gasteiger charge is 2.10. The summed E-state index contributed by atoms with van der Waals surface area (Å²) in [4.78, 5) is 13.9. The second-order valence-corrected chi connectivity index (χ2v) is 4.29. The van der Waals surface area contributed by atoms with E-state index < -0.39 is 0 Å². The fraction of sp³-hybridized carbons (Fsp3) is 0.417. The Morgan fingerprint density at radius 3 is 3.06 bits per heavy atom. The van der Waals surface area contributed by atoms with Crippen LogP contribution in [0.1, 0.15) is 17.4 Å². The first-order chi connectivity index (χ1) is 8.17. The van der Waals surface area contributed by atoms with Crippen LogP contribution in [0.25, 0.3) is 0 Å². The van der Waals surface area contributed by atoms with Crippen LogP contribution in [-0.4, -0.2) is 31.2 Å². The standard InChI is InChI=1S/C12H16N2O2S/c1-3-16-12(15)14(2)8-10-7-11(17-9-10)5-4-6-13/h7,9H,3,6,8,13H2,1-2H3. The summed E-state index contributed by atoms with van der Waals surface area (Å²) in [6, 6.07) is 1.96. The van der Waals surface area contributed by atoms with Gasteiger partial charge in [0.05, 0.1) is 18.0 Å². The molecule has 92 valence electrons. The topological polar surface area (TPSA) is 55.6 Å². The van der Waals surface area contributed by atoms with E-state index in [1.807, 2.05) is 11.4 Å². The van der Waals surface area contributed by atoms with Crippen molar-refractivity contribution in [3.05, 3.63) is 21.9 Å². The highest BCUT2D eigenvalue weighted by atomic mass is 32.1. The van der Waals surface area contributed by atoms with Crippen LogP contribution in [-0.2, 0) is 11.3 Å². The van der Waals surface area contributed by atoms with Crippen LogP contribution in [0.5, 0.6) is 0 Å². The minimum Gasteiger partial charge on any atom is -0.450 e. The van der Waals surface area contributed by atoms with Crippen molar-refractivity contribution in [3.8, 4) is 11.8 Å². The molecule has 2 N–H and O–H groups in total. The van der Waals surface area contributed by atoms with Gasteiger partial charge in [-0.05, 0) is 23.9 Å². The smallest absolute Gasteiger partial charge is 0.409 e. The predicted octanol–water partition coefficient (Wildman–Crippen LogP) is 1.65. The minimum atomic E-state index is -0.312. The largest absolute Gasteiger partial charge is 0.450 e. The number of rotatable bonds is 3. The van der Waals surface area contributed by atoms with Crippen LogP contribution in [0.4, 0.5) is 4.79 Å². The molecule has 0 aliphatic rings. The molecule has 0 spiro atoms. The molecule has 4 nitrogen and oxygen atoms in total. The van der Waals surface area contributed by atoms with Gasteiger partial charge in [-0.1, -0.05) is 11.8 Å². The first-order valence-corrected chi connectivity index (χ1v) is 6.19. The summed E-state index contributed by atoms with van der Waals surface area (Å²) >= 11 is 1.55. The highest BCUT2D eigenvalue weighted by Crippen LogP contribution is 2.15. The van der Waals surface area contributed by atoms with Gasteiger partial charge in [0, 0.05) is 13.6 Å². The maximum atomic E-state index is 11.4. The molecule has 0 aliphatic carbocycles. The Kier molecular flexibility index (Phi) is 5.53. The van der Waals surface area contributed by atoms with Gasteiger partial charge in [0.15, 0.2) is 0 Å². The summed E-state index contributed by atoms with van der Waals surface area (Å²) in [6.45, 7) is 3.06. The Morgan fingerprint density at radius 2 is 2.41 bits per heavy atom. The molecule has 1 amide bonds. The van der Waals surface area contributed by atoms with Gasteiger partial charge in [-0.3, -0.25) is 0 Å². The van der Waals surface area contributed by atoms with Gasteiger partial charge < -0.3 is 15.4 Å². The van der Waals surface area contributed by atoms with Crippen molar-refractivity contribution < 1.29 is 9.53 Å². The Labute approximate surface area is 105 Å². The maximum absolute atomic E-state index is 11.4. The molecule has 0 fully saturated rings. The fourth-order valence-electron chi connectivity index (χ4n) is 1.23. The summed E-state index contributed by atoms with van der Waals surface area (Å²) in [5.74, 6) is 5.76. The minimum absolute atomic E-state index is 0.312. The second kappa shape index (κ2) is 6.94. The molecule has 0 unspecified atom stereocenters. The third-order valence-corrected chi connectivity index (χ3v) is 2.86. The molecule has 1 aromatic rings. The van der Waals surface area contributed by atoms with Crippen molar-refractivity contribution >= 4 is 17.4 Å². The average molecular weight is 252 g/mol. The van der Waals surface area contributed by atoms with Crippen molar-refractivity contribution in [2.45, 2.75) is 13.5 Å². The molecule has 0 atom stereocenters. The van der Waals surface area contributed by atoms with E-state index in [1.54, 1.807) is 25.3 Å². The van der Waals surface area contributed by atoms with Crippen molar-refractivity contribution in [1.29, 1.82) is 0 Å². The summed E-state index contributed by atoms with van der Waals surface area (Å²) in [7, 11) is 1.71. The summed E-state index contributed by atoms with van der Waals surface area (Å²) in [6.07, 6.45) is -0.312. The highest BCUT2D eigenvalue weighted by molar-refractivity contribution is 7.10. The lowest BCUT2D eigenvalue weighted by molar-refractivity contribution is 0.114. The van der Waals surface area contributed by atoms with Gasteiger partial charge in [0.1, 0.15) is 0 Å². The third-order valence-electron chi connectivity index (χ3n) is 1.97. The van der Waals surface area contributed by atoms with E-state index in [0.29, 0.717) is 19.7 Å². The lowest BCUT2D eigenvalue weighted by Crippen LogP contribution is -2.26. The number of nitrogens with two attached hydrogens (primary N) is 1. The zero-order valence-electron chi connectivity index (χ0n) is 10.0. The average Bonchev–Trinajstić information content (AvgIpc) is 2.74. The summed E-state index contributed by atoms with van der Waals surface area (Å²) in [5, 5.41) is 1.98. The van der Waals surface area contributed by atoms with E-state index in [2.05, 4.69) is 11.8 Å². The number of hydrogen-bond donors (Lipinski definition) is 1. The molecular weight excluding hydrogens is 236 g/mol. The molecule has 17 heavy (non-hydrogen) atoms. The zero-order chi connectivity index (χ0) is 12.7. The van der Waals surface area contributed by atoms with Gasteiger partial charge in [-0.25, -0.2) is 4.79 Å². The third kappa shape index (κ3) is 4.47. The molecule has 0 bridgehead atoms. The first kappa shape index (κ1) is 13.6. The van der Waals surface area contributed by atoms with Gasteiger partial charge >= 0.3 is 6.09 Å². The lowest BCUT2D eigenvalue weighted by Gasteiger charge is -2.15. The Hall–Kier alpha value is -1.51. The van der Waals surface area contributed by atoms with E-state index in [0.717, 1.165) is 10.4 Å². The fourth-order valence-corrected chi connectivity index (χ4v) is 2.01. The second-order valence-electron chi connectivity index (χ2n) is 3.38. The van der Waals surface area contributed by atoms with Gasteiger partial charge in [0.25, 0.3) is 0 Å². The van der Waals surface area contributed by atoms with Gasteiger partial charge in [-0.2, -0.15) is 0 Å². The van der Waals surface area contributed by atoms with Crippen LogP contribution >= 0.6 is 11.3 Å². The van der Waals surface area contributed by atoms with Crippen LogP contribution in [0.3, 0.4) is 0 Å². The van der Waals surface area contributed by atoms with Crippen molar-refractivity contribution in [1.82, 2.24) is 4.90 Å². The number of ether oxygens (including phenoxy) is 1. The Morgan fingerprint density at radius 1 is 1.65 bits per heavy atom. The number of thiophene rings is 1. The van der Waals surface area contributed by atoms with Crippen LogP contribution < -0.4 is 5.73 Å². The number of carbonyl (C=O) groups excluding carboxylic acids is 1. The normalized spacial score (nSPS) is 9.35. The molecule has 0 radical (unpaired) electrons. The van der Waals surface area contributed by atoms with Crippen LogP contribution in [0.15, 0.2) is 11.4 Å². The van der Waals surface area contributed by atoms with E-state index in [-0.39, 0.29) is 6.09 Å². The van der Waals surface area contributed by atoms with Gasteiger partial charge in [-0.15, -0.1) is 11.3 Å². The Balaban J connectivity index is 2.57. The van der Waals surface area contributed by atoms with E-state index in [9.17, 15) is 4.79 Å². The van der Waals surface area contributed by atoms with E-state index in [4.69, 9.17) is 10.5 Å². The number of carbonyl (C=O) groups is 1. The summed E-state index contributed by atoms with van der Waals surface area (Å²) in [5.41, 5.74) is 6.35. The monoisotopic (exact) mass is 252 g/mol. The van der Waals surface area contributed by atoms with Crippen LogP contribution in [0, 0.1) is 11.8 Å². The SMILES string of the molecule is CCOC(=O)N(C)Cc1csc(C#CCN)c1. The van der Waals surface area contributed by atoms with Crippen molar-refractivity contribution in [3.63, 3.8) is 0 Å². The number of amides is 1. The molecule has 1 rings (SSSR count). The number of hydrogen-bond acceptors (Lipinski definition) is 4. The van der Waals surface area contributed by atoms with Crippen LogP contribution in [0.2, 0.25) is 0 Å². The summed E-state index contributed by atoms with van der Waals surface area (Å²) < 4.78 is 4.89. The quantitative estimate of drug-likeness (QED) is 0.832. The zero-order valence-corrected chi connectivity index (χ0v) is 10.8. The first-order valence-electron chi connectivity index (χ1n) is 5.31. The molecule has 0 saturated carbocycles. The molecule has 0 aliphatic heterocycles. The molecular formula is C12H16N2O2S. The lowest BCUT2D eigenvalue weighted by atomic mass is 10.3. The maximum Gasteiger partial charge on any atom is 0.409 e. The number of nitrogens with zero attached hydrogens (tertiary/aromatic N) is 1. The molecule has 0 aromatic carbocycles. The van der Waals surface area contributed by atoms with E-state index in [1.165, 1.54) is 4.90 Å². The predicted molar refractivity (Wildman–Crippen MR) is 68.7 cm³/mol. The van der Waals surface area contributed by atoms with E-state index >= 15 is 0 Å². The Bertz CT molecular complexity index is 431. The van der Waals surface area contributed by atoms with Crippen molar-refractivity contribution in [2.75, 3.05) is 20.2 Å². The molecule has 1 aromatic heterocycles. The van der Waals surface area contributed by atoms with Crippen molar-refractivity contribution in [2.24, 2.45) is 5.73 Å². The molecule has 1 heterocycles.